The van der Waals surface area contributed by atoms with E-state index in [4.69, 9.17) is 4.98 Å². The van der Waals surface area contributed by atoms with E-state index in [0.717, 1.165) is 33.7 Å². The van der Waals surface area contributed by atoms with Crippen LogP contribution in [0.5, 0.6) is 0 Å². The highest BCUT2D eigenvalue weighted by Gasteiger charge is 2.10. The Kier molecular flexibility index (Phi) is 4.68. The fourth-order valence-corrected chi connectivity index (χ4v) is 2.88. The molecule has 4 aromatic rings. The molecular formula is C22H19N5O. The number of amides is 1. The summed E-state index contributed by atoms with van der Waals surface area (Å²) in [5, 5.41) is 4.31. The molecule has 0 aliphatic carbocycles. The quantitative estimate of drug-likeness (QED) is 0.577. The number of anilines is 3. The first-order valence-electron chi connectivity index (χ1n) is 8.90. The summed E-state index contributed by atoms with van der Waals surface area (Å²) in [7, 11) is 1.75. The van der Waals surface area contributed by atoms with Crippen LogP contribution in [0.1, 0.15) is 6.92 Å². The van der Waals surface area contributed by atoms with E-state index in [1.807, 2.05) is 60.7 Å². The zero-order valence-corrected chi connectivity index (χ0v) is 15.6. The molecule has 0 aliphatic heterocycles. The highest BCUT2D eigenvalue weighted by Crippen LogP contribution is 2.27. The number of nitrogens with one attached hydrogen (secondary N) is 1. The van der Waals surface area contributed by atoms with Crippen molar-refractivity contribution < 1.29 is 4.79 Å². The van der Waals surface area contributed by atoms with Gasteiger partial charge in [-0.25, -0.2) is 9.97 Å². The van der Waals surface area contributed by atoms with Gasteiger partial charge in [-0.05, 0) is 48.5 Å². The fourth-order valence-electron chi connectivity index (χ4n) is 2.88. The monoisotopic (exact) mass is 369 g/mol. The van der Waals surface area contributed by atoms with E-state index in [1.165, 1.54) is 0 Å². The Labute approximate surface area is 162 Å². The van der Waals surface area contributed by atoms with Gasteiger partial charge in [0.05, 0.1) is 5.52 Å². The van der Waals surface area contributed by atoms with Crippen molar-refractivity contribution in [1.29, 1.82) is 0 Å². The minimum absolute atomic E-state index is 0.0105. The first-order valence-corrected chi connectivity index (χ1v) is 8.90. The lowest BCUT2D eigenvalue weighted by molar-refractivity contribution is -0.116. The topological polar surface area (TPSA) is 71.0 Å². The zero-order chi connectivity index (χ0) is 19.5. The van der Waals surface area contributed by atoms with Gasteiger partial charge >= 0.3 is 0 Å². The third-order valence-electron chi connectivity index (χ3n) is 4.51. The smallest absolute Gasteiger partial charge is 0.223 e. The van der Waals surface area contributed by atoms with Crippen LogP contribution in [0, 0.1) is 0 Å². The van der Waals surface area contributed by atoms with E-state index in [1.54, 1.807) is 31.3 Å². The van der Waals surface area contributed by atoms with Crippen molar-refractivity contribution in [1.82, 2.24) is 15.0 Å². The maximum Gasteiger partial charge on any atom is 0.223 e. The van der Waals surface area contributed by atoms with Gasteiger partial charge in [0.2, 0.25) is 5.91 Å². The van der Waals surface area contributed by atoms with Crippen molar-refractivity contribution in [2.24, 2.45) is 0 Å². The molecule has 0 unspecified atom stereocenters. The van der Waals surface area contributed by atoms with E-state index in [9.17, 15) is 4.79 Å². The molecule has 6 heteroatoms. The Hall–Kier alpha value is -3.80. The number of pyridine rings is 1. The molecule has 28 heavy (non-hydrogen) atoms. The van der Waals surface area contributed by atoms with Crippen LogP contribution in [-0.4, -0.2) is 27.9 Å². The first kappa shape index (κ1) is 17.6. The molecule has 6 nitrogen and oxygen atoms in total. The van der Waals surface area contributed by atoms with Crippen LogP contribution < -0.4 is 10.2 Å². The minimum Gasteiger partial charge on any atom is -0.340 e. The number of para-hydroxylation sites is 1. The van der Waals surface area contributed by atoms with Crippen molar-refractivity contribution >= 4 is 34.0 Å². The molecule has 0 fully saturated rings. The summed E-state index contributed by atoms with van der Waals surface area (Å²) in [6.45, 7) is 1.54. The number of carbonyl (C=O) groups is 1. The minimum atomic E-state index is -0.0105. The number of hydrogen-bond donors (Lipinski definition) is 1. The van der Waals surface area contributed by atoms with E-state index in [0.29, 0.717) is 5.82 Å². The van der Waals surface area contributed by atoms with Gasteiger partial charge in [0.25, 0.3) is 0 Å². The van der Waals surface area contributed by atoms with Crippen LogP contribution >= 0.6 is 0 Å². The number of aromatic nitrogens is 3. The Morgan fingerprint density at radius 1 is 0.964 bits per heavy atom. The molecule has 0 aliphatic rings. The zero-order valence-electron chi connectivity index (χ0n) is 15.6. The number of hydrogen-bond acceptors (Lipinski definition) is 5. The largest absolute Gasteiger partial charge is 0.340 e. The van der Waals surface area contributed by atoms with Crippen molar-refractivity contribution in [3.63, 3.8) is 0 Å². The molecule has 2 aromatic carbocycles. The second kappa shape index (κ2) is 7.44. The maximum absolute atomic E-state index is 11.5. The second-order valence-electron chi connectivity index (χ2n) is 6.40. The van der Waals surface area contributed by atoms with E-state index in [-0.39, 0.29) is 5.91 Å². The molecule has 0 atom stereocenters. The summed E-state index contributed by atoms with van der Waals surface area (Å²) in [6.07, 6.45) is 3.48. The summed E-state index contributed by atoms with van der Waals surface area (Å²) in [4.78, 5) is 26.7. The average Bonchev–Trinajstić information content (AvgIpc) is 2.74. The first-order chi connectivity index (χ1) is 13.6. The maximum atomic E-state index is 11.5. The number of fused-ring (bicyclic) bond motifs is 1. The summed E-state index contributed by atoms with van der Waals surface area (Å²) >= 11 is 0. The van der Waals surface area contributed by atoms with Gasteiger partial charge in [-0.2, -0.15) is 0 Å². The molecule has 2 aromatic heterocycles. The van der Waals surface area contributed by atoms with E-state index in [2.05, 4.69) is 15.3 Å². The molecule has 0 saturated carbocycles. The predicted octanol–water partition coefficient (Wildman–Crippen LogP) is 4.42. The molecule has 2 heterocycles. The van der Waals surface area contributed by atoms with E-state index >= 15 is 0 Å². The fraction of sp³-hybridized carbons (Fsp3) is 0.0909. The van der Waals surface area contributed by atoms with Crippen LogP contribution in [0.15, 0.2) is 73.1 Å². The Morgan fingerprint density at radius 2 is 1.75 bits per heavy atom. The van der Waals surface area contributed by atoms with Gasteiger partial charge in [0.15, 0.2) is 5.82 Å². The third kappa shape index (κ3) is 3.53. The number of rotatable bonds is 4. The standard InChI is InChI=1S/C22H19N5O/c1-15(28)27(2)18-11-9-17(10-12-18)24-22-19-7-3-4-8-20(19)25-21(26-22)16-6-5-13-23-14-16/h3-14H,1-2H3,(H,24,25,26). The van der Waals surface area contributed by atoms with Gasteiger partial charge in [-0.3, -0.25) is 9.78 Å². The van der Waals surface area contributed by atoms with Crippen LogP contribution in [0.4, 0.5) is 17.2 Å². The summed E-state index contributed by atoms with van der Waals surface area (Å²) < 4.78 is 0. The predicted molar refractivity (Wildman–Crippen MR) is 112 cm³/mol. The average molecular weight is 369 g/mol. The lowest BCUT2D eigenvalue weighted by Crippen LogP contribution is -2.22. The van der Waals surface area contributed by atoms with Gasteiger partial charge in [-0.15, -0.1) is 0 Å². The molecule has 4 rings (SSSR count). The molecule has 0 saturated heterocycles. The Balaban J connectivity index is 1.73. The second-order valence-corrected chi connectivity index (χ2v) is 6.40. The van der Waals surface area contributed by atoms with Gasteiger partial charge in [-0.1, -0.05) is 12.1 Å². The number of nitrogens with zero attached hydrogens (tertiary/aromatic N) is 4. The van der Waals surface area contributed by atoms with Crippen LogP contribution in [0.3, 0.4) is 0 Å². The number of carbonyl (C=O) groups excluding carboxylic acids is 1. The highest BCUT2D eigenvalue weighted by molar-refractivity contribution is 5.93. The Bertz CT molecular complexity index is 1130. The molecular weight excluding hydrogens is 350 g/mol. The van der Waals surface area contributed by atoms with Crippen LogP contribution in [-0.2, 0) is 4.79 Å². The number of benzene rings is 2. The summed E-state index contributed by atoms with van der Waals surface area (Å²) in [5.41, 5.74) is 3.42. The normalized spacial score (nSPS) is 10.6. The molecule has 138 valence electrons. The lowest BCUT2D eigenvalue weighted by atomic mass is 10.2. The van der Waals surface area contributed by atoms with Gasteiger partial charge in [0, 0.05) is 48.7 Å². The molecule has 0 spiro atoms. The van der Waals surface area contributed by atoms with Crippen molar-refractivity contribution in [3.8, 4) is 11.4 Å². The third-order valence-corrected chi connectivity index (χ3v) is 4.51. The molecule has 1 amide bonds. The lowest BCUT2D eigenvalue weighted by Gasteiger charge is -2.16. The summed E-state index contributed by atoms with van der Waals surface area (Å²) in [6, 6.07) is 19.3. The molecule has 0 radical (unpaired) electrons. The van der Waals surface area contributed by atoms with Crippen molar-refractivity contribution in [3.05, 3.63) is 73.1 Å². The molecule has 1 N–H and O–H groups in total. The SMILES string of the molecule is CC(=O)N(C)c1ccc(Nc2nc(-c3cccnc3)nc3ccccc23)cc1. The Morgan fingerprint density at radius 3 is 2.46 bits per heavy atom. The van der Waals surface area contributed by atoms with Crippen molar-refractivity contribution in [2.75, 3.05) is 17.3 Å². The van der Waals surface area contributed by atoms with Crippen LogP contribution in [0.2, 0.25) is 0 Å². The van der Waals surface area contributed by atoms with Crippen molar-refractivity contribution in [2.45, 2.75) is 6.92 Å². The van der Waals surface area contributed by atoms with E-state index < -0.39 is 0 Å². The van der Waals surface area contributed by atoms with Gasteiger partial charge in [0.1, 0.15) is 5.82 Å². The molecule has 0 bridgehead atoms. The van der Waals surface area contributed by atoms with Crippen LogP contribution in [0.25, 0.3) is 22.3 Å². The highest BCUT2D eigenvalue weighted by atomic mass is 16.2. The van der Waals surface area contributed by atoms with Gasteiger partial charge < -0.3 is 10.2 Å². The summed E-state index contributed by atoms with van der Waals surface area (Å²) in [5.74, 6) is 1.32.